The molecule has 1 aromatic carbocycles. The van der Waals surface area contributed by atoms with Crippen LogP contribution in [0.15, 0.2) is 34.8 Å². The quantitative estimate of drug-likeness (QED) is 0.442. The lowest BCUT2D eigenvalue weighted by Crippen LogP contribution is -2.13. The van der Waals surface area contributed by atoms with Gasteiger partial charge < -0.3 is 5.32 Å². The van der Waals surface area contributed by atoms with E-state index in [1.165, 1.54) is 23.1 Å². The Morgan fingerprint density at radius 3 is 2.44 bits per heavy atom. The van der Waals surface area contributed by atoms with E-state index in [-0.39, 0.29) is 5.91 Å². The second kappa shape index (κ2) is 8.82. The summed E-state index contributed by atoms with van der Waals surface area (Å²) >= 11 is 8.84. The Balaban J connectivity index is 1.61. The number of aryl methyl sites for hydroxylation is 2. The van der Waals surface area contributed by atoms with Crippen LogP contribution in [-0.4, -0.2) is 27.1 Å². The molecule has 0 aliphatic heterocycles. The molecule has 0 bridgehead atoms. The summed E-state index contributed by atoms with van der Waals surface area (Å²) in [5, 5.41) is 6.82. The molecule has 0 aliphatic carbocycles. The van der Waals surface area contributed by atoms with Crippen molar-refractivity contribution in [1.29, 1.82) is 0 Å². The Morgan fingerprint density at radius 1 is 1.15 bits per heavy atom. The number of amides is 1. The first-order valence-corrected chi connectivity index (χ1v) is 10.8. The van der Waals surface area contributed by atoms with Crippen molar-refractivity contribution in [3.05, 3.63) is 51.6 Å². The van der Waals surface area contributed by atoms with Gasteiger partial charge in [0, 0.05) is 33.8 Å². The number of rotatable bonds is 6. The molecule has 1 amide bonds. The van der Waals surface area contributed by atoms with Crippen molar-refractivity contribution in [3.8, 4) is 11.3 Å². The zero-order valence-electron chi connectivity index (χ0n) is 15.2. The van der Waals surface area contributed by atoms with Crippen molar-refractivity contribution in [2.45, 2.75) is 31.8 Å². The first-order valence-electron chi connectivity index (χ1n) is 8.35. The zero-order valence-corrected chi connectivity index (χ0v) is 17.6. The highest BCUT2D eigenvalue weighted by molar-refractivity contribution is 7.98. The Labute approximate surface area is 171 Å². The summed E-state index contributed by atoms with van der Waals surface area (Å²) in [4.78, 5) is 25.7. The number of thioether (sulfide) groups is 1. The number of anilines is 1. The van der Waals surface area contributed by atoms with Gasteiger partial charge in [0.25, 0.3) is 0 Å². The third-order valence-corrected chi connectivity index (χ3v) is 5.63. The minimum atomic E-state index is -0.0697. The third kappa shape index (κ3) is 5.06. The molecular formula is C19H19ClN4OS2. The topological polar surface area (TPSA) is 67.8 Å². The van der Waals surface area contributed by atoms with E-state index in [0.717, 1.165) is 33.4 Å². The van der Waals surface area contributed by atoms with Gasteiger partial charge >= 0.3 is 0 Å². The second-order valence-electron chi connectivity index (χ2n) is 5.95. The van der Waals surface area contributed by atoms with E-state index >= 15 is 0 Å². The maximum atomic E-state index is 12.3. The molecule has 0 unspecified atom stereocenters. The van der Waals surface area contributed by atoms with Crippen LogP contribution in [0.1, 0.15) is 23.4 Å². The second-order valence-corrected chi connectivity index (χ2v) is 8.02. The summed E-state index contributed by atoms with van der Waals surface area (Å²) < 4.78 is 0. The number of carbonyl (C=O) groups is 1. The van der Waals surface area contributed by atoms with Crippen molar-refractivity contribution in [3.63, 3.8) is 0 Å². The van der Waals surface area contributed by atoms with Crippen LogP contribution in [0.4, 0.5) is 5.13 Å². The predicted octanol–water partition coefficient (Wildman–Crippen LogP) is 5.16. The van der Waals surface area contributed by atoms with Crippen molar-refractivity contribution < 1.29 is 4.79 Å². The molecule has 3 aromatic rings. The lowest BCUT2D eigenvalue weighted by molar-refractivity contribution is -0.116. The summed E-state index contributed by atoms with van der Waals surface area (Å²) in [6.45, 7) is 3.92. The number of hydrogen-bond acceptors (Lipinski definition) is 6. The summed E-state index contributed by atoms with van der Waals surface area (Å²) in [7, 11) is 0. The number of nitrogens with one attached hydrogen (secondary N) is 1. The molecule has 8 heteroatoms. The summed E-state index contributed by atoms with van der Waals surface area (Å²) in [6, 6.07) is 7.46. The number of carbonyl (C=O) groups excluding carboxylic acids is 1. The van der Waals surface area contributed by atoms with Crippen molar-refractivity contribution in [2.24, 2.45) is 0 Å². The Hall–Kier alpha value is -1.96. The van der Waals surface area contributed by atoms with Crippen molar-refractivity contribution >= 4 is 45.7 Å². The maximum absolute atomic E-state index is 12.3. The van der Waals surface area contributed by atoms with E-state index in [2.05, 4.69) is 20.3 Å². The fourth-order valence-corrected chi connectivity index (χ4v) is 3.98. The number of halogens is 1. The van der Waals surface area contributed by atoms with Gasteiger partial charge in [-0.3, -0.25) is 4.79 Å². The molecule has 2 aromatic heterocycles. The number of aromatic nitrogens is 3. The maximum Gasteiger partial charge on any atom is 0.226 e. The van der Waals surface area contributed by atoms with E-state index in [9.17, 15) is 4.79 Å². The van der Waals surface area contributed by atoms with Gasteiger partial charge in [0.2, 0.25) is 5.91 Å². The fourth-order valence-electron chi connectivity index (χ4n) is 2.67. The number of benzene rings is 1. The summed E-state index contributed by atoms with van der Waals surface area (Å²) in [5.41, 5.74) is 4.68. The predicted molar refractivity (Wildman–Crippen MR) is 113 cm³/mol. The molecule has 0 saturated carbocycles. The van der Waals surface area contributed by atoms with Crippen LogP contribution in [0.2, 0.25) is 5.02 Å². The van der Waals surface area contributed by atoms with Crippen LogP contribution in [0.5, 0.6) is 0 Å². The molecule has 1 N–H and O–H groups in total. The average molecular weight is 419 g/mol. The number of hydrogen-bond donors (Lipinski definition) is 1. The normalized spacial score (nSPS) is 10.8. The molecule has 0 atom stereocenters. The molecule has 0 saturated heterocycles. The largest absolute Gasteiger partial charge is 0.302 e. The molecule has 0 fully saturated rings. The van der Waals surface area contributed by atoms with Gasteiger partial charge in [0.1, 0.15) is 0 Å². The van der Waals surface area contributed by atoms with E-state index < -0.39 is 0 Å². The van der Waals surface area contributed by atoms with Crippen LogP contribution < -0.4 is 5.32 Å². The highest BCUT2D eigenvalue weighted by Crippen LogP contribution is 2.26. The van der Waals surface area contributed by atoms with Gasteiger partial charge in [-0.15, -0.1) is 11.3 Å². The van der Waals surface area contributed by atoms with Crippen LogP contribution in [0, 0.1) is 13.8 Å². The third-order valence-electron chi connectivity index (χ3n) is 4.08. The standard InChI is InChI=1S/C19H19ClN4OS2/c1-11-15(12(2)22-18(21-11)26-3)8-9-17(25)24-19-23-16(10-27-19)13-4-6-14(20)7-5-13/h4-7,10H,8-9H2,1-3H3,(H,23,24,25). The number of nitrogens with zero attached hydrogens (tertiary/aromatic N) is 3. The molecular weight excluding hydrogens is 400 g/mol. The molecule has 0 radical (unpaired) electrons. The van der Waals surface area contributed by atoms with E-state index in [0.29, 0.717) is 23.0 Å². The Kier molecular flexibility index (Phi) is 6.46. The summed E-state index contributed by atoms with van der Waals surface area (Å²) in [5.74, 6) is -0.0697. The monoisotopic (exact) mass is 418 g/mol. The van der Waals surface area contributed by atoms with Gasteiger partial charge in [-0.1, -0.05) is 35.5 Å². The van der Waals surface area contributed by atoms with Gasteiger partial charge in [-0.25, -0.2) is 15.0 Å². The SMILES string of the molecule is CSc1nc(C)c(CCC(=O)Nc2nc(-c3ccc(Cl)cc3)cs2)c(C)n1. The minimum Gasteiger partial charge on any atom is -0.302 e. The molecule has 5 nitrogen and oxygen atoms in total. The first kappa shape index (κ1) is 19.8. The Bertz CT molecular complexity index is 934. The lowest BCUT2D eigenvalue weighted by Gasteiger charge is -2.09. The van der Waals surface area contributed by atoms with Crippen LogP contribution >= 0.6 is 34.7 Å². The summed E-state index contributed by atoms with van der Waals surface area (Å²) in [6.07, 6.45) is 2.92. The van der Waals surface area contributed by atoms with Gasteiger partial charge in [0.15, 0.2) is 10.3 Å². The molecule has 0 aliphatic rings. The van der Waals surface area contributed by atoms with Crippen molar-refractivity contribution in [2.75, 3.05) is 11.6 Å². The van der Waals surface area contributed by atoms with Crippen LogP contribution in [-0.2, 0) is 11.2 Å². The highest BCUT2D eigenvalue weighted by atomic mass is 35.5. The van der Waals surface area contributed by atoms with Crippen LogP contribution in [0.3, 0.4) is 0 Å². The molecule has 3 rings (SSSR count). The Morgan fingerprint density at radius 2 is 1.81 bits per heavy atom. The van der Waals surface area contributed by atoms with Gasteiger partial charge in [-0.2, -0.15) is 0 Å². The molecule has 140 valence electrons. The van der Waals surface area contributed by atoms with E-state index in [4.69, 9.17) is 11.6 Å². The minimum absolute atomic E-state index is 0.0697. The lowest BCUT2D eigenvalue weighted by atomic mass is 10.1. The van der Waals surface area contributed by atoms with Gasteiger partial charge in [-0.05, 0) is 44.2 Å². The van der Waals surface area contributed by atoms with Crippen LogP contribution in [0.25, 0.3) is 11.3 Å². The zero-order chi connectivity index (χ0) is 19.4. The molecule has 0 spiro atoms. The number of thiazole rings is 1. The first-order chi connectivity index (χ1) is 13.0. The van der Waals surface area contributed by atoms with E-state index in [1.54, 1.807) is 0 Å². The van der Waals surface area contributed by atoms with E-state index in [1.807, 2.05) is 49.7 Å². The highest BCUT2D eigenvalue weighted by Gasteiger charge is 2.12. The molecule has 27 heavy (non-hydrogen) atoms. The van der Waals surface area contributed by atoms with Gasteiger partial charge in [0.05, 0.1) is 5.69 Å². The average Bonchev–Trinajstić information content (AvgIpc) is 3.09. The molecule has 2 heterocycles. The van der Waals surface area contributed by atoms with Crippen molar-refractivity contribution in [1.82, 2.24) is 15.0 Å². The fraction of sp³-hybridized carbons (Fsp3) is 0.263. The smallest absolute Gasteiger partial charge is 0.226 e.